The second-order valence-corrected chi connectivity index (χ2v) is 6.67. The van der Waals surface area contributed by atoms with E-state index in [1.807, 2.05) is 0 Å². The Morgan fingerprint density at radius 2 is 1.81 bits per heavy atom. The normalized spacial score (nSPS) is 47.4. The predicted octanol–water partition coefficient (Wildman–Crippen LogP) is 2.89. The molecule has 0 aromatic carbocycles. The molecule has 0 aromatic rings. The van der Waals surface area contributed by atoms with Crippen LogP contribution >= 0.6 is 0 Å². The third-order valence-corrected chi connectivity index (χ3v) is 5.36. The Morgan fingerprint density at radius 3 is 2.38 bits per heavy atom. The van der Waals surface area contributed by atoms with Crippen LogP contribution in [0.1, 0.15) is 58.8 Å². The largest absolute Gasteiger partial charge is 0.393 e. The summed E-state index contributed by atoms with van der Waals surface area (Å²) in [5.74, 6) is 1.07. The van der Waals surface area contributed by atoms with Crippen molar-refractivity contribution < 1.29 is 9.84 Å². The van der Waals surface area contributed by atoms with Gasteiger partial charge in [-0.1, -0.05) is 12.8 Å². The highest BCUT2D eigenvalue weighted by Gasteiger charge is 2.57. The van der Waals surface area contributed by atoms with E-state index >= 15 is 0 Å². The van der Waals surface area contributed by atoms with E-state index in [-0.39, 0.29) is 17.3 Å². The highest BCUT2D eigenvalue weighted by atomic mass is 16.5. The molecule has 0 amide bonds. The van der Waals surface area contributed by atoms with Crippen molar-refractivity contribution in [2.45, 2.75) is 76.1 Å². The van der Waals surface area contributed by atoms with Crippen molar-refractivity contribution in [3.05, 3.63) is 0 Å². The van der Waals surface area contributed by atoms with Gasteiger partial charge in [0, 0.05) is 12.3 Å². The summed E-state index contributed by atoms with van der Waals surface area (Å²) in [7, 11) is 0. The van der Waals surface area contributed by atoms with Crippen molar-refractivity contribution in [3.8, 4) is 0 Å². The topological polar surface area (TPSA) is 29.5 Å². The van der Waals surface area contributed by atoms with E-state index in [0.29, 0.717) is 11.8 Å². The lowest BCUT2D eigenvalue weighted by molar-refractivity contribution is -0.287. The van der Waals surface area contributed by atoms with Gasteiger partial charge < -0.3 is 9.84 Å². The fourth-order valence-corrected chi connectivity index (χ4v) is 4.60. The number of ether oxygens (including phenoxy) is 1. The van der Waals surface area contributed by atoms with Crippen LogP contribution in [0.25, 0.3) is 0 Å². The molecule has 2 saturated carbocycles. The molecule has 2 aliphatic carbocycles. The van der Waals surface area contributed by atoms with Crippen LogP contribution in [0.2, 0.25) is 0 Å². The molecule has 3 unspecified atom stereocenters. The van der Waals surface area contributed by atoms with Gasteiger partial charge in [-0.2, -0.15) is 0 Å². The SMILES string of the molecule is CC1(C)OC2(C3CCCC3)CCC1C(O)C2. The molecule has 2 bridgehead atoms. The van der Waals surface area contributed by atoms with Gasteiger partial charge in [0.1, 0.15) is 0 Å². The molecule has 4 fully saturated rings. The molecule has 2 heterocycles. The number of aliphatic hydroxyl groups is 1. The third-order valence-electron chi connectivity index (χ3n) is 5.36. The zero-order valence-electron chi connectivity index (χ0n) is 10.5. The minimum atomic E-state index is -0.127. The maximum Gasteiger partial charge on any atom is 0.0742 e. The van der Waals surface area contributed by atoms with Crippen molar-refractivity contribution in [2.24, 2.45) is 11.8 Å². The summed E-state index contributed by atoms with van der Waals surface area (Å²) in [6.45, 7) is 4.34. The molecule has 4 rings (SSSR count). The van der Waals surface area contributed by atoms with Crippen molar-refractivity contribution in [2.75, 3.05) is 0 Å². The van der Waals surface area contributed by atoms with E-state index in [1.165, 1.54) is 32.1 Å². The van der Waals surface area contributed by atoms with Crippen LogP contribution in [0.5, 0.6) is 0 Å². The van der Waals surface area contributed by atoms with Crippen molar-refractivity contribution >= 4 is 0 Å². The van der Waals surface area contributed by atoms with Crippen LogP contribution in [0, 0.1) is 11.8 Å². The molecule has 2 saturated heterocycles. The van der Waals surface area contributed by atoms with Gasteiger partial charge in [-0.3, -0.25) is 0 Å². The molecular weight excluding hydrogens is 200 g/mol. The smallest absolute Gasteiger partial charge is 0.0742 e. The average molecular weight is 224 g/mol. The highest BCUT2D eigenvalue weighted by Crippen LogP contribution is 2.55. The standard InChI is InChI=1S/C14H24O2/c1-13(2)11-7-8-14(16-13,9-12(11)15)10-5-3-4-6-10/h10-12,15H,3-9H2,1-2H3. The molecule has 0 radical (unpaired) electrons. The summed E-state index contributed by atoms with van der Waals surface area (Å²) in [5.41, 5.74) is -0.0906. The van der Waals surface area contributed by atoms with Gasteiger partial charge >= 0.3 is 0 Å². The number of aliphatic hydroxyl groups excluding tert-OH is 1. The van der Waals surface area contributed by atoms with Crippen molar-refractivity contribution in [1.29, 1.82) is 0 Å². The van der Waals surface area contributed by atoms with Crippen molar-refractivity contribution in [3.63, 3.8) is 0 Å². The van der Waals surface area contributed by atoms with Gasteiger partial charge in [0.15, 0.2) is 0 Å². The number of hydrogen-bond donors (Lipinski definition) is 1. The summed E-state index contributed by atoms with van der Waals surface area (Å²) in [6, 6.07) is 0. The van der Waals surface area contributed by atoms with E-state index in [1.54, 1.807) is 0 Å². The van der Waals surface area contributed by atoms with E-state index < -0.39 is 0 Å². The Hall–Kier alpha value is -0.0800. The molecule has 4 aliphatic rings. The molecule has 2 aliphatic heterocycles. The van der Waals surface area contributed by atoms with Crippen LogP contribution < -0.4 is 0 Å². The molecular formula is C14H24O2. The monoisotopic (exact) mass is 224 g/mol. The molecule has 2 heteroatoms. The van der Waals surface area contributed by atoms with Gasteiger partial charge in [0.05, 0.1) is 17.3 Å². The summed E-state index contributed by atoms with van der Waals surface area (Å²) < 4.78 is 6.45. The second kappa shape index (κ2) is 3.46. The maximum absolute atomic E-state index is 10.3. The van der Waals surface area contributed by atoms with Gasteiger partial charge in [-0.15, -0.1) is 0 Å². The molecule has 92 valence electrons. The average Bonchev–Trinajstić information content (AvgIpc) is 2.68. The number of rotatable bonds is 1. The fourth-order valence-electron chi connectivity index (χ4n) is 4.60. The first kappa shape index (κ1) is 11.0. The van der Waals surface area contributed by atoms with E-state index in [9.17, 15) is 5.11 Å². The Bertz CT molecular complexity index is 280. The summed E-state index contributed by atoms with van der Waals surface area (Å²) in [4.78, 5) is 0. The first-order valence-corrected chi connectivity index (χ1v) is 6.92. The fraction of sp³-hybridized carbons (Fsp3) is 1.00. The summed E-state index contributed by atoms with van der Waals surface area (Å²) in [5, 5.41) is 10.3. The maximum atomic E-state index is 10.3. The lowest BCUT2D eigenvalue weighted by Gasteiger charge is -2.59. The third kappa shape index (κ3) is 1.46. The molecule has 16 heavy (non-hydrogen) atoms. The minimum absolute atomic E-state index is 0.0220. The van der Waals surface area contributed by atoms with Gasteiger partial charge in [0.25, 0.3) is 0 Å². The van der Waals surface area contributed by atoms with E-state index in [4.69, 9.17) is 4.74 Å². The van der Waals surface area contributed by atoms with E-state index in [0.717, 1.165) is 12.8 Å². The molecule has 0 spiro atoms. The van der Waals surface area contributed by atoms with Crippen LogP contribution in [0.3, 0.4) is 0 Å². The van der Waals surface area contributed by atoms with Gasteiger partial charge in [-0.25, -0.2) is 0 Å². The zero-order valence-corrected chi connectivity index (χ0v) is 10.5. The van der Waals surface area contributed by atoms with Gasteiger partial charge in [-0.05, 0) is 45.4 Å². The quantitative estimate of drug-likeness (QED) is 0.742. The Kier molecular flexibility index (Phi) is 2.38. The first-order valence-electron chi connectivity index (χ1n) is 6.92. The zero-order chi connectivity index (χ0) is 11.4. The van der Waals surface area contributed by atoms with E-state index in [2.05, 4.69) is 13.8 Å². The van der Waals surface area contributed by atoms with Crippen molar-refractivity contribution in [1.82, 2.24) is 0 Å². The molecule has 3 atom stereocenters. The lowest BCUT2D eigenvalue weighted by Crippen LogP contribution is -2.63. The first-order chi connectivity index (χ1) is 7.54. The predicted molar refractivity (Wildman–Crippen MR) is 63.2 cm³/mol. The number of hydrogen-bond acceptors (Lipinski definition) is 2. The molecule has 1 N–H and O–H groups in total. The Balaban J connectivity index is 1.89. The second-order valence-electron chi connectivity index (χ2n) is 6.67. The summed E-state index contributed by atoms with van der Waals surface area (Å²) in [6.07, 6.45) is 8.45. The lowest BCUT2D eigenvalue weighted by atomic mass is 9.62. The Labute approximate surface area is 98.4 Å². The Morgan fingerprint density at radius 1 is 1.12 bits per heavy atom. The van der Waals surface area contributed by atoms with Crippen LogP contribution in [-0.4, -0.2) is 22.4 Å². The van der Waals surface area contributed by atoms with Crippen LogP contribution in [-0.2, 0) is 4.74 Å². The molecule has 0 aromatic heterocycles. The summed E-state index contributed by atoms with van der Waals surface area (Å²) >= 11 is 0. The van der Waals surface area contributed by atoms with Crippen LogP contribution in [0.4, 0.5) is 0 Å². The highest BCUT2D eigenvalue weighted by molar-refractivity contribution is 5.07. The number of fused-ring (bicyclic) bond motifs is 3. The minimum Gasteiger partial charge on any atom is -0.393 e. The van der Waals surface area contributed by atoms with Crippen LogP contribution in [0.15, 0.2) is 0 Å². The molecule has 2 nitrogen and oxygen atoms in total. The van der Waals surface area contributed by atoms with Gasteiger partial charge in [0.2, 0.25) is 0 Å².